The Labute approximate surface area is 97.2 Å². The third-order valence-electron chi connectivity index (χ3n) is 4.73. The van der Waals surface area contributed by atoms with E-state index in [1.807, 2.05) is 0 Å². The van der Waals surface area contributed by atoms with Gasteiger partial charge in [-0.1, -0.05) is 0 Å². The number of hydrogen-bond donors (Lipinski definition) is 2. The van der Waals surface area contributed by atoms with Crippen LogP contribution in [-0.2, 0) is 4.79 Å². The summed E-state index contributed by atoms with van der Waals surface area (Å²) in [4.78, 5) is 12.0. The Balaban J connectivity index is 1.45. The third kappa shape index (κ3) is 2.10. The van der Waals surface area contributed by atoms with E-state index in [2.05, 4.69) is 5.32 Å². The molecule has 0 radical (unpaired) electrons. The molecule has 0 aromatic carbocycles. The Morgan fingerprint density at radius 1 is 1.00 bits per heavy atom. The number of carbonyl (C=O) groups excluding carboxylic acids is 1. The molecule has 3 heteroatoms. The highest BCUT2D eigenvalue weighted by Gasteiger charge is 2.48. The second-order valence-corrected chi connectivity index (χ2v) is 6.04. The maximum atomic E-state index is 12.0. The highest BCUT2D eigenvalue weighted by molar-refractivity contribution is 5.79. The second-order valence-electron chi connectivity index (χ2n) is 6.04. The van der Waals surface area contributed by atoms with Crippen LogP contribution in [0.2, 0.25) is 0 Å². The van der Waals surface area contributed by atoms with Gasteiger partial charge in [0, 0.05) is 18.0 Å². The molecule has 3 nitrogen and oxygen atoms in total. The van der Waals surface area contributed by atoms with E-state index < -0.39 is 0 Å². The highest BCUT2D eigenvalue weighted by atomic mass is 16.1. The predicted octanol–water partition coefficient (Wildman–Crippen LogP) is 1.42. The monoisotopic (exact) mass is 222 g/mol. The van der Waals surface area contributed by atoms with Crippen molar-refractivity contribution in [1.82, 2.24) is 5.32 Å². The summed E-state index contributed by atoms with van der Waals surface area (Å²) in [5, 5.41) is 3.23. The summed E-state index contributed by atoms with van der Waals surface area (Å²) in [6, 6.07) is 0.775. The third-order valence-corrected chi connectivity index (χ3v) is 4.73. The molecule has 0 aliphatic heterocycles. The molecule has 2 unspecified atom stereocenters. The fourth-order valence-electron chi connectivity index (χ4n) is 3.51. The van der Waals surface area contributed by atoms with Gasteiger partial charge in [-0.2, -0.15) is 0 Å². The minimum Gasteiger partial charge on any atom is -0.353 e. The summed E-state index contributed by atoms with van der Waals surface area (Å²) in [6.45, 7) is 0. The first-order chi connectivity index (χ1) is 7.72. The van der Waals surface area contributed by atoms with Gasteiger partial charge in [-0.05, 0) is 56.8 Å². The largest absolute Gasteiger partial charge is 0.353 e. The highest BCUT2D eigenvalue weighted by Crippen LogP contribution is 2.54. The van der Waals surface area contributed by atoms with Gasteiger partial charge in [0.05, 0.1) is 0 Å². The maximum Gasteiger partial charge on any atom is 0.223 e. The molecule has 0 heterocycles. The van der Waals surface area contributed by atoms with Gasteiger partial charge in [-0.15, -0.1) is 0 Å². The molecule has 3 N–H and O–H groups in total. The van der Waals surface area contributed by atoms with Gasteiger partial charge in [0.2, 0.25) is 5.91 Å². The van der Waals surface area contributed by atoms with Crippen molar-refractivity contribution in [1.29, 1.82) is 0 Å². The van der Waals surface area contributed by atoms with Crippen molar-refractivity contribution in [2.75, 3.05) is 0 Å². The molecular weight excluding hydrogens is 200 g/mol. The average molecular weight is 222 g/mol. The van der Waals surface area contributed by atoms with E-state index in [9.17, 15) is 4.79 Å². The fraction of sp³-hybridized carbons (Fsp3) is 0.923. The van der Waals surface area contributed by atoms with Crippen molar-refractivity contribution < 1.29 is 4.79 Å². The first-order valence-electron chi connectivity index (χ1n) is 6.78. The summed E-state index contributed by atoms with van der Waals surface area (Å²) in [5.74, 6) is 2.46. The summed E-state index contributed by atoms with van der Waals surface area (Å²) in [7, 11) is 0. The number of nitrogens with two attached hydrogens (primary N) is 1. The van der Waals surface area contributed by atoms with Crippen LogP contribution in [0.3, 0.4) is 0 Å². The first kappa shape index (κ1) is 10.6. The van der Waals surface area contributed by atoms with E-state index in [4.69, 9.17) is 5.73 Å². The average Bonchev–Trinajstić information content (AvgIpc) is 2.89. The molecule has 0 bridgehead atoms. The normalized spacial score (nSPS) is 46.2. The zero-order valence-electron chi connectivity index (χ0n) is 9.82. The SMILES string of the molecule is NC1CCC(NC(=O)C2CC3CC3C2)CC1. The van der Waals surface area contributed by atoms with E-state index >= 15 is 0 Å². The van der Waals surface area contributed by atoms with Gasteiger partial charge in [0.1, 0.15) is 0 Å². The zero-order valence-corrected chi connectivity index (χ0v) is 9.82. The lowest BCUT2D eigenvalue weighted by Crippen LogP contribution is -2.42. The minimum absolute atomic E-state index is 0.327. The Morgan fingerprint density at radius 2 is 1.62 bits per heavy atom. The number of nitrogens with one attached hydrogen (secondary N) is 1. The minimum atomic E-state index is 0.327. The van der Waals surface area contributed by atoms with Crippen LogP contribution in [0.1, 0.15) is 44.9 Å². The predicted molar refractivity (Wildman–Crippen MR) is 62.7 cm³/mol. The van der Waals surface area contributed by atoms with Crippen LogP contribution in [-0.4, -0.2) is 18.0 Å². The number of carbonyl (C=O) groups is 1. The van der Waals surface area contributed by atoms with Crippen LogP contribution in [0.4, 0.5) is 0 Å². The lowest BCUT2D eigenvalue weighted by molar-refractivity contribution is -0.126. The molecule has 3 aliphatic rings. The fourth-order valence-corrected chi connectivity index (χ4v) is 3.51. The van der Waals surface area contributed by atoms with E-state index in [0.717, 1.165) is 50.4 Å². The molecule has 0 spiro atoms. The van der Waals surface area contributed by atoms with Crippen molar-refractivity contribution in [2.45, 2.75) is 57.0 Å². The quantitative estimate of drug-likeness (QED) is 0.742. The molecule has 3 saturated carbocycles. The maximum absolute atomic E-state index is 12.0. The zero-order chi connectivity index (χ0) is 11.1. The standard InChI is InChI=1S/C13H22N2O/c14-11-1-3-12(4-2-11)15-13(16)10-6-8-5-9(8)7-10/h8-12H,1-7,14H2,(H,15,16). The summed E-state index contributed by atoms with van der Waals surface area (Å²) >= 11 is 0. The van der Waals surface area contributed by atoms with Crippen LogP contribution in [0.15, 0.2) is 0 Å². The van der Waals surface area contributed by atoms with Gasteiger partial charge in [-0.25, -0.2) is 0 Å². The van der Waals surface area contributed by atoms with Crippen LogP contribution < -0.4 is 11.1 Å². The van der Waals surface area contributed by atoms with E-state index in [1.165, 1.54) is 6.42 Å². The topological polar surface area (TPSA) is 55.1 Å². The molecule has 0 saturated heterocycles. The van der Waals surface area contributed by atoms with E-state index in [0.29, 0.717) is 23.9 Å². The van der Waals surface area contributed by atoms with Crippen LogP contribution >= 0.6 is 0 Å². The lowest BCUT2D eigenvalue weighted by Gasteiger charge is -2.28. The Hall–Kier alpha value is -0.570. The van der Waals surface area contributed by atoms with Crippen LogP contribution in [0, 0.1) is 17.8 Å². The van der Waals surface area contributed by atoms with Crippen molar-refractivity contribution in [2.24, 2.45) is 23.5 Å². The Bertz CT molecular complexity index is 274. The summed E-state index contributed by atoms with van der Waals surface area (Å²) < 4.78 is 0. The molecule has 0 aromatic rings. The Kier molecular flexibility index (Phi) is 2.66. The van der Waals surface area contributed by atoms with E-state index in [1.54, 1.807) is 0 Å². The van der Waals surface area contributed by atoms with Gasteiger partial charge in [-0.3, -0.25) is 4.79 Å². The summed E-state index contributed by atoms with van der Waals surface area (Å²) in [6.07, 6.45) is 7.99. The molecule has 1 amide bonds. The van der Waals surface area contributed by atoms with Gasteiger partial charge in [0.25, 0.3) is 0 Å². The van der Waals surface area contributed by atoms with Gasteiger partial charge < -0.3 is 11.1 Å². The van der Waals surface area contributed by atoms with Gasteiger partial charge in [0.15, 0.2) is 0 Å². The smallest absolute Gasteiger partial charge is 0.223 e. The van der Waals surface area contributed by atoms with Crippen LogP contribution in [0.25, 0.3) is 0 Å². The van der Waals surface area contributed by atoms with Crippen molar-refractivity contribution in [3.63, 3.8) is 0 Å². The Morgan fingerprint density at radius 3 is 2.25 bits per heavy atom. The van der Waals surface area contributed by atoms with Crippen molar-refractivity contribution in [3.8, 4) is 0 Å². The van der Waals surface area contributed by atoms with Crippen molar-refractivity contribution in [3.05, 3.63) is 0 Å². The van der Waals surface area contributed by atoms with Gasteiger partial charge >= 0.3 is 0 Å². The molecule has 90 valence electrons. The summed E-state index contributed by atoms with van der Waals surface area (Å²) in [5.41, 5.74) is 5.86. The molecule has 3 fully saturated rings. The number of rotatable bonds is 2. The molecule has 16 heavy (non-hydrogen) atoms. The lowest BCUT2D eigenvalue weighted by atomic mass is 9.91. The van der Waals surface area contributed by atoms with E-state index in [-0.39, 0.29) is 0 Å². The molecule has 2 atom stereocenters. The molecule has 0 aromatic heterocycles. The molecular formula is C13H22N2O. The van der Waals surface area contributed by atoms with Crippen molar-refractivity contribution >= 4 is 5.91 Å². The van der Waals surface area contributed by atoms with Crippen LogP contribution in [0.5, 0.6) is 0 Å². The number of hydrogen-bond acceptors (Lipinski definition) is 2. The number of fused-ring (bicyclic) bond motifs is 1. The molecule has 3 aliphatic carbocycles. The second kappa shape index (κ2) is 4.02. The first-order valence-corrected chi connectivity index (χ1v) is 6.78. The molecule has 3 rings (SSSR count). The number of amides is 1.